The van der Waals surface area contributed by atoms with Crippen LogP contribution in [0, 0.1) is 0 Å². The second-order valence-corrected chi connectivity index (χ2v) is 7.51. The molecule has 27 heavy (non-hydrogen) atoms. The van der Waals surface area contributed by atoms with Crippen LogP contribution in [0.5, 0.6) is 0 Å². The van der Waals surface area contributed by atoms with E-state index in [9.17, 15) is 9.59 Å². The van der Waals surface area contributed by atoms with Gasteiger partial charge in [-0.15, -0.1) is 0 Å². The van der Waals surface area contributed by atoms with Crippen molar-refractivity contribution in [3.63, 3.8) is 0 Å². The van der Waals surface area contributed by atoms with Crippen molar-refractivity contribution >= 4 is 23.6 Å². The molecule has 0 aromatic heterocycles. The van der Waals surface area contributed by atoms with Gasteiger partial charge in [-0.2, -0.15) is 11.8 Å². The average Bonchev–Trinajstić information content (AvgIpc) is 2.69. The molecule has 2 aromatic rings. The number of rotatable bonds is 12. The van der Waals surface area contributed by atoms with Crippen LogP contribution >= 0.6 is 11.8 Å². The van der Waals surface area contributed by atoms with E-state index in [1.807, 2.05) is 36.4 Å². The van der Waals surface area contributed by atoms with E-state index in [0.717, 1.165) is 24.3 Å². The zero-order valence-corrected chi connectivity index (χ0v) is 16.5. The number of amides is 2. The number of thioether (sulfide) groups is 1. The van der Waals surface area contributed by atoms with Gasteiger partial charge in [0.05, 0.1) is 0 Å². The summed E-state index contributed by atoms with van der Waals surface area (Å²) in [5.74, 6) is 1.64. The molecule has 4 nitrogen and oxygen atoms in total. The normalized spacial score (nSPS) is 10.4. The van der Waals surface area contributed by atoms with Crippen LogP contribution in [0.2, 0.25) is 0 Å². The maximum atomic E-state index is 11.8. The molecule has 0 saturated heterocycles. The molecule has 0 aliphatic rings. The Labute approximate surface area is 166 Å². The van der Waals surface area contributed by atoms with Crippen LogP contribution in [0.15, 0.2) is 60.7 Å². The van der Waals surface area contributed by atoms with Gasteiger partial charge in [-0.3, -0.25) is 9.59 Å². The summed E-state index contributed by atoms with van der Waals surface area (Å²) in [6.45, 7) is 1.33. The summed E-state index contributed by atoms with van der Waals surface area (Å²) in [7, 11) is 0. The molecular formula is C22H28N2O2S. The topological polar surface area (TPSA) is 58.2 Å². The Kier molecular flexibility index (Phi) is 10.1. The fourth-order valence-electron chi connectivity index (χ4n) is 2.59. The minimum absolute atomic E-state index is 0.0748. The first-order valence-corrected chi connectivity index (χ1v) is 10.6. The number of benzene rings is 2. The molecule has 0 heterocycles. The van der Waals surface area contributed by atoms with Gasteiger partial charge >= 0.3 is 0 Å². The molecule has 0 atom stereocenters. The standard InChI is InChI=1S/C22H28N2O2S/c25-21(23-15-11-19-7-3-1-4-8-19)13-17-27-18-14-22(26)24-16-12-20-9-5-2-6-10-20/h1-10H,11-18H2,(H,23,25)(H,24,26). The van der Waals surface area contributed by atoms with Gasteiger partial charge in [-0.25, -0.2) is 0 Å². The number of carbonyl (C=O) groups excluding carboxylic acids is 2. The Morgan fingerprint density at radius 2 is 1.07 bits per heavy atom. The van der Waals surface area contributed by atoms with Gasteiger partial charge in [0.15, 0.2) is 0 Å². The van der Waals surface area contributed by atoms with Crippen molar-refractivity contribution in [2.24, 2.45) is 0 Å². The van der Waals surface area contributed by atoms with Gasteiger partial charge in [-0.05, 0) is 24.0 Å². The zero-order chi connectivity index (χ0) is 19.2. The van der Waals surface area contributed by atoms with E-state index in [-0.39, 0.29) is 11.8 Å². The summed E-state index contributed by atoms with van der Waals surface area (Å²) in [4.78, 5) is 23.6. The van der Waals surface area contributed by atoms with Crippen molar-refractivity contribution in [2.45, 2.75) is 25.7 Å². The molecule has 2 rings (SSSR count). The fourth-order valence-corrected chi connectivity index (χ4v) is 3.45. The maximum Gasteiger partial charge on any atom is 0.220 e. The monoisotopic (exact) mass is 384 g/mol. The molecule has 0 fully saturated rings. The second kappa shape index (κ2) is 13.0. The molecule has 5 heteroatoms. The molecule has 2 aromatic carbocycles. The summed E-state index contributed by atoms with van der Waals surface area (Å²) in [6.07, 6.45) is 2.69. The van der Waals surface area contributed by atoms with Crippen molar-refractivity contribution in [1.82, 2.24) is 10.6 Å². The first kappa shape index (κ1) is 21.0. The van der Waals surface area contributed by atoms with E-state index in [1.165, 1.54) is 11.1 Å². The van der Waals surface area contributed by atoms with E-state index in [4.69, 9.17) is 0 Å². The summed E-state index contributed by atoms with van der Waals surface area (Å²) < 4.78 is 0. The van der Waals surface area contributed by atoms with Crippen molar-refractivity contribution in [3.05, 3.63) is 71.8 Å². The first-order chi connectivity index (χ1) is 13.2. The molecule has 0 aliphatic heterocycles. The largest absolute Gasteiger partial charge is 0.356 e. The highest BCUT2D eigenvalue weighted by Crippen LogP contribution is 2.05. The molecule has 0 bridgehead atoms. The molecule has 0 saturated carbocycles. The Bertz CT molecular complexity index is 618. The van der Waals surface area contributed by atoms with Crippen LogP contribution in [0.4, 0.5) is 0 Å². The van der Waals surface area contributed by atoms with Gasteiger partial charge in [-0.1, -0.05) is 60.7 Å². The highest BCUT2D eigenvalue weighted by Gasteiger charge is 2.04. The number of hydrogen-bond acceptors (Lipinski definition) is 3. The lowest BCUT2D eigenvalue weighted by atomic mass is 10.1. The van der Waals surface area contributed by atoms with Crippen LogP contribution in [0.1, 0.15) is 24.0 Å². The Hall–Kier alpha value is -2.27. The molecule has 2 N–H and O–H groups in total. The van der Waals surface area contributed by atoms with Crippen molar-refractivity contribution in [2.75, 3.05) is 24.6 Å². The molecule has 0 aliphatic carbocycles. The predicted molar refractivity (Wildman–Crippen MR) is 113 cm³/mol. The van der Waals surface area contributed by atoms with E-state index in [2.05, 4.69) is 34.9 Å². The van der Waals surface area contributed by atoms with Gasteiger partial charge in [0.1, 0.15) is 0 Å². The van der Waals surface area contributed by atoms with Gasteiger partial charge in [0, 0.05) is 37.4 Å². The lowest BCUT2D eigenvalue weighted by Crippen LogP contribution is -2.26. The van der Waals surface area contributed by atoms with E-state index >= 15 is 0 Å². The third-order valence-electron chi connectivity index (χ3n) is 4.10. The highest BCUT2D eigenvalue weighted by molar-refractivity contribution is 7.99. The van der Waals surface area contributed by atoms with Gasteiger partial charge in [0.25, 0.3) is 0 Å². The maximum absolute atomic E-state index is 11.8. The molecule has 144 valence electrons. The fraction of sp³-hybridized carbons (Fsp3) is 0.364. The summed E-state index contributed by atoms with van der Waals surface area (Å²) >= 11 is 1.65. The number of hydrogen-bond donors (Lipinski definition) is 2. The third kappa shape index (κ3) is 9.85. The summed E-state index contributed by atoms with van der Waals surface area (Å²) in [6, 6.07) is 20.2. The van der Waals surface area contributed by atoms with Crippen LogP contribution < -0.4 is 10.6 Å². The highest BCUT2D eigenvalue weighted by atomic mass is 32.2. The van der Waals surface area contributed by atoms with Crippen LogP contribution in [-0.4, -0.2) is 36.4 Å². The Morgan fingerprint density at radius 1 is 0.667 bits per heavy atom. The third-order valence-corrected chi connectivity index (χ3v) is 5.09. The summed E-state index contributed by atoms with van der Waals surface area (Å²) in [5, 5.41) is 5.89. The van der Waals surface area contributed by atoms with Crippen molar-refractivity contribution in [3.8, 4) is 0 Å². The van der Waals surface area contributed by atoms with E-state index in [1.54, 1.807) is 11.8 Å². The minimum Gasteiger partial charge on any atom is -0.356 e. The smallest absolute Gasteiger partial charge is 0.220 e. The quantitative estimate of drug-likeness (QED) is 0.553. The minimum atomic E-state index is 0.0748. The van der Waals surface area contributed by atoms with Gasteiger partial charge < -0.3 is 10.6 Å². The first-order valence-electron chi connectivity index (χ1n) is 9.43. The van der Waals surface area contributed by atoms with E-state index < -0.39 is 0 Å². The number of nitrogens with one attached hydrogen (secondary N) is 2. The lowest BCUT2D eigenvalue weighted by Gasteiger charge is -2.06. The molecule has 0 spiro atoms. The number of carbonyl (C=O) groups is 2. The van der Waals surface area contributed by atoms with Crippen molar-refractivity contribution in [1.29, 1.82) is 0 Å². The Morgan fingerprint density at radius 3 is 1.48 bits per heavy atom. The van der Waals surface area contributed by atoms with E-state index in [0.29, 0.717) is 25.9 Å². The van der Waals surface area contributed by atoms with Crippen LogP contribution in [-0.2, 0) is 22.4 Å². The summed E-state index contributed by atoms with van der Waals surface area (Å²) in [5.41, 5.74) is 2.45. The zero-order valence-electron chi connectivity index (χ0n) is 15.7. The molecule has 0 radical (unpaired) electrons. The average molecular weight is 385 g/mol. The lowest BCUT2D eigenvalue weighted by molar-refractivity contribution is -0.121. The van der Waals surface area contributed by atoms with Crippen molar-refractivity contribution < 1.29 is 9.59 Å². The molecule has 2 amide bonds. The molecule has 0 unspecified atom stereocenters. The predicted octanol–water partition coefficient (Wildman–Crippen LogP) is 3.22. The second-order valence-electron chi connectivity index (χ2n) is 6.28. The van der Waals surface area contributed by atoms with Crippen LogP contribution in [0.3, 0.4) is 0 Å². The molecular weight excluding hydrogens is 356 g/mol. The van der Waals surface area contributed by atoms with Crippen LogP contribution in [0.25, 0.3) is 0 Å². The van der Waals surface area contributed by atoms with Gasteiger partial charge in [0.2, 0.25) is 11.8 Å². The Balaban J connectivity index is 1.43. The SMILES string of the molecule is O=C(CCSCCC(=O)NCCc1ccccc1)NCCc1ccccc1.